The monoisotopic (exact) mass is 366 g/mol. The van der Waals surface area contributed by atoms with Crippen molar-refractivity contribution in [3.8, 4) is 0 Å². The summed E-state index contributed by atoms with van der Waals surface area (Å²) in [6.07, 6.45) is 1.55. The van der Waals surface area contributed by atoms with Crippen molar-refractivity contribution >= 4 is 47.0 Å². The number of amides is 3. The first-order chi connectivity index (χ1) is 12.5. The zero-order valence-corrected chi connectivity index (χ0v) is 13.9. The van der Waals surface area contributed by atoms with E-state index in [0.29, 0.717) is 16.1 Å². The van der Waals surface area contributed by atoms with Gasteiger partial charge in [0.1, 0.15) is 5.57 Å². The van der Waals surface area contributed by atoms with E-state index in [0.717, 1.165) is 5.22 Å². The molecule has 0 radical (unpaired) electrons. The van der Waals surface area contributed by atoms with Gasteiger partial charge in [-0.1, -0.05) is 41.9 Å². The van der Waals surface area contributed by atoms with Gasteiger partial charge in [0.25, 0.3) is 5.91 Å². The number of para-hydroxylation sites is 2. The van der Waals surface area contributed by atoms with E-state index in [1.54, 1.807) is 54.6 Å². The summed E-state index contributed by atoms with van der Waals surface area (Å²) >= 11 is 5.90. The molecule has 0 spiro atoms. The summed E-state index contributed by atoms with van der Waals surface area (Å²) in [6.45, 7) is 0. The van der Waals surface area contributed by atoms with Gasteiger partial charge in [-0.05, 0) is 24.3 Å². The Morgan fingerprint density at radius 1 is 1.04 bits per heavy atom. The van der Waals surface area contributed by atoms with Crippen LogP contribution in [0.3, 0.4) is 0 Å². The van der Waals surface area contributed by atoms with E-state index in [9.17, 15) is 14.4 Å². The molecule has 0 unspecified atom stereocenters. The van der Waals surface area contributed by atoms with E-state index >= 15 is 0 Å². The second kappa shape index (κ2) is 7.57. The van der Waals surface area contributed by atoms with E-state index < -0.39 is 17.7 Å². The molecule has 3 rings (SSSR count). The molecule has 0 saturated carbocycles. The zero-order valence-electron chi connectivity index (χ0n) is 13.2. The highest BCUT2D eigenvalue weighted by molar-refractivity contribution is 6.41. The minimum absolute atomic E-state index is 0.0653. The van der Waals surface area contributed by atoms with Crippen LogP contribution in [0.4, 0.5) is 5.69 Å². The number of nitrogens with one attached hydrogen (secondary N) is 2. The minimum atomic E-state index is -1.03. The summed E-state index contributed by atoms with van der Waals surface area (Å²) in [7, 11) is 0. The first-order valence-electron chi connectivity index (χ1n) is 7.43. The second-order valence-electron chi connectivity index (χ2n) is 5.13. The summed E-state index contributed by atoms with van der Waals surface area (Å²) < 4.78 is 0. The lowest BCUT2D eigenvalue weighted by Crippen LogP contribution is -2.32. The summed E-state index contributed by atoms with van der Waals surface area (Å²) in [6, 6.07) is 13.5. The predicted octanol–water partition coefficient (Wildman–Crippen LogP) is 0.546. The van der Waals surface area contributed by atoms with Crippen LogP contribution in [0, 0.1) is 0 Å². The number of hydrogen-bond donors (Lipinski definition) is 2. The molecule has 3 amide bonds. The molecule has 0 aromatic heterocycles. The molecular weight excluding hydrogens is 356 g/mol. The van der Waals surface area contributed by atoms with E-state index in [-0.39, 0.29) is 5.57 Å². The van der Waals surface area contributed by atoms with Crippen LogP contribution in [0.5, 0.6) is 0 Å². The molecule has 2 aromatic carbocycles. The van der Waals surface area contributed by atoms with Crippen LogP contribution in [0.25, 0.3) is 6.08 Å². The summed E-state index contributed by atoms with van der Waals surface area (Å²) in [4.78, 5) is 39.3. The Hall–Kier alpha value is -3.54. The Morgan fingerprint density at radius 2 is 1.77 bits per heavy atom. The number of hydrazone groups is 1. The van der Waals surface area contributed by atoms with Crippen molar-refractivity contribution in [2.45, 2.75) is 0 Å². The number of halogens is 1. The third kappa shape index (κ3) is 3.92. The lowest BCUT2D eigenvalue weighted by Gasteiger charge is -2.05. The number of carbonyl (C=O) groups is 3. The van der Waals surface area contributed by atoms with Crippen LogP contribution in [0.2, 0.25) is 5.02 Å². The number of nitrogens with zero attached hydrogens (tertiary/aromatic N) is 2. The fraction of sp³-hybridized carbons (Fsp3) is 0. The van der Waals surface area contributed by atoms with Crippen LogP contribution in [-0.2, 0) is 14.4 Å². The fourth-order valence-electron chi connectivity index (χ4n) is 2.11. The molecule has 0 fully saturated rings. The van der Waals surface area contributed by atoms with E-state index in [1.165, 1.54) is 0 Å². The second-order valence-corrected chi connectivity index (χ2v) is 5.54. The SMILES string of the molecule is O=C1N=c2ccccc2=CC1=C=NNC(=O)C(=O)Nc1ccccc1Cl. The van der Waals surface area contributed by atoms with Gasteiger partial charge in [-0.2, -0.15) is 0 Å². The van der Waals surface area contributed by atoms with E-state index in [4.69, 9.17) is 11.6 Å². The van der Waals surface area contributed by atoms with Gasteiger partial charge in [-0.3, -0.25) is 14.4 Å². The van der Waals surface area contributed by atoms with Crippen LogP contribution in [0.15, 0.2) is 64.2 Å². The first kappa shape index (κ1) is 17.3. The number of hydrogen-bond acceptors (Lipinski definition) is 4. The van der Waals surface area contributed by atoms with Gasteiger partial charge in [-0.25, -0.2) is 10.4 Å². The van der Waals surface area contributed by atoms with Gasteiger partial charge in [0.15, 0.2) is 0 Å². The molecular formula is C18H11ClN4O3. The van der Waals surface area contributed by atoms with E-state index in [2.05, 4.69) is 21.3 Å². The van der Waals surface area contributed by atoms with Gasteiger partial charge in [0.2, 0.25) is 0 Å². The Bertz CT molecular complexity index is 1100. The van der Waals surface area contributed by atoms with Crippen molar-refractivity contribution in [3.63, 3.8) is 0 Å². The lowest BCUT2D eigenvalue weighted by molar-refractivity contribution is -0.136. The molecule has 26 heavy (non-hydrogen) atoms. The Balaban J connectivity index is 1.72. The van der Waals surface area contributed by atoms with Crippen molar-refractivity contribution in [2.24, 2.45) is 10.1 Å². The Labute approximate surface area is 152 Å². The van der Waals surface area contributed by atoms with Gasteiger partial charge in [-0.15, -0.1) is 5.10 Å². The van der Waals surface area contributed by atoms with Gasteiger partial charge in [0.05, 0.1) is 16.1 Å². The summed E-state index contributed by atoms with van der Waals surface area (Å²) in [5.74, 6) is -0.146. The highest BCUT2D eigenvalue weighted by atomic mass is 35.5. The van der Waals surface area contributed by atoms with Crippen LogP contribution >= 0.6 is 11.6 Å². The topological polar surface area (TPSA) is 100.0 Å². The number of benzene rings is 2. The maximum atomic E-state index is 11.9. The largest absolute Gasteiger partial charge is 0.330 e. The Kier molecular flexibility index (Phi) is 5.03. The van der Waals surface area contributed by atoms with Crippen molar-refractivity contribution in [2.75, 3.05) is 5.32 Å². The van der Waals surface area contributed by atoms with Crippen molar-refractivity contribution in [1.82, 2.24) is 5.43 Å². The van der Waals surface area contributed by atoms with Crippen molar-refractivity contribution in [1.29, 1.82) is 0 Å². The molecule has 0 bridgehead atoms. The molecule has 1 aliphatic heterocycles. The molecule has 7 nitrogen and oxygen atoms in total. The van der Waals surface area contributed by atoms with Crippen LogP contribution < -0.4 is 21.3 Å². The molecule has 0 aliphatic carbocycles. The van der Waals surface area contributed by atoms with Crippen molar-refractivity contribution < 1.29 is 14.4 Å². The fourth-order valence-corrected chi connectivity index (χ4v) is 2.29. The third-order valence-corrected chi connectivity index (χ3v) is 3.68. The molecule has 128 valence electrons. The number of carbonyl (C=O) groups excluding carboxylic acids is 3. The number of anilines is 1. The molecule has 1 heterocycles. The molecule has 2 aromatic rings. The van der Waals surface area contributed by atoms with Crippen LogP contribution in [-0.4, -0.2) is 23.6 Å². The molecule has 2 N–H and O–H groups in total. The average molecular weight is 367 g/mol. The number of fused-ring (bicyclic) bond motifs is 1. The molecule has 8 heteroatoms. The normalized spacial score (nSPS) is 12.0. The quantitative estimate of drug-likeness (QED) is 0.351. The van der Waals surface area contributed by atoms with Gasteiger partial charge in [0, 0.05) is 11.1 Å². The molecule has 0 saturated heterocycles. The van der Waals surface area contributed by atoms with Gasteiger partial charge >= 0.3 is 11.8 Å². The maximum Gasteiger partial charge on any atom is 0.330 e. The number of rotatable bonds is 2. The van der Waals surface area contributed by atoms with Crippen molar-refractivity contribution in [3.05, 3.63) is 69.7 Å². The lowest BCUT2D eigenvalue weighted by atomic mass is 10.1. The predicted molar refractivity (Wildman–Crippen MR) is 95.9 cm³/mol. The van der Waals surface area contributed by atoms with E-state index in [1.807, 2.05) is 5.43 Å². The Morgan fingerprint density at radius 3 is 2.58 bits per heavy atom. The average Bonchev–Trinajstić information content (AvgIpc) is 2.63. The summed E-state index contributed by atoms with van der Waals surface area (Å²) in [5, 5.41) is 7.43. The smallest absolute Gasteiger partial charge is 0.316 e. The maximum absolute atomic E-state index is 11.9. The standard InChI is InChI=1S/C18H11ClN4O3/c19-13-6-2-4-8-15(13)22-17(25)18(26)23-20-10-12-9-11-5-1-3-7-14(11)21-16(12)24/h1-9H,(H,22,25)(H,23,26). The first-order valence-corrected chi connectivity index (χ1v) is 7.81. The molecule has 1 aliphatic rings. The summed E-state index contributed by atoms with van der Waals surface area (Å²) in [5.41, 5.74) is 2.36. The molecule has 0 atom stereocenters. The third-order valence-electron chi connectivity index (χ3n) is 3.35. The van der Waals surface area contributed by atoms with Gasteiger partial charge < -0.3 is 5.32 Å². The highest BCUT2D eigenvalue weighted by Gasteiger charge is 2.14. The highest BCUT2D eigenvalue weighted by Crippen LogP contribution is 2.20. The van der Waals surface area contributed by atoms with Crippen LogP contribution in [0.1, 0.15) is 0 Å². The minimum Gasteiger partial charge on any atom is -0.316 e. The zero-order chi connectivity index (χ0) is 18.5.